The molecule has 15 heavy (non-hydrogen) atoms. The Bertz CT molecular complexity index is 512. The number of pyridine rings is 1. The van der Waals surface area contributed by atoms with Crippen LogP contribution >= 0.6 is 12.2 Å². The first-order chi connectivity index (χ1) is 7.22. The Morgan fingerprint density at radius 2 is 2.40 bits per heavy atom. The predicted molar refractivity (Wildman–Crippen MR) is 64.4 cm³/mol. The highest BCUT2D eigenvalue weighted by Crippen LogP contribution is 2.15. The van der Waals surface area contributed by atoms with Gasteiger partial charge in [-0.05, 0) is 24.2 Å². The number of rotatable bonds is 3. The van der Waals surface area contributed by atoms with Gasteiger partial charge in [0.25, 0.3) is 0 Å². The normalized spacial score (nSPS) is 13.2. The largest absolute Gasteiger partial charge is 0.329 e. The molecule has 0 amide bonds. The predicted octanol–water partition coefficient (Wildman–Crippen LogP) is 3.14. The van der Waals surface area contributed by atoms with Crippen molar-refractivity contribution in [3.63, 3.8) is 0 Å². The van der Waals surface area contributed by atoms with Crippen LogP contribution in [-0.2, 0) is 6.54 Å². The molecule has 0 aromatic carbocycles. The summed E-state index contributed by atoms with van der Waals surface area (Å²) >= 11 is 5.30. The molecule has 2 heterocycles. The molecule has 1 atom stereocenters. The number of aromatic amines is 1. The molecule has 0 spiro atoms. The molecule has 0 aliphatic heterocycles. The van der Waals surface area contributed by atoms with E-state index in [-0.39, 0.29) is 0 Å². The lowest BCUT2D eigenvalue weighted by Gasteiger charge is -2.09. The third-order valence-electron chi connectivity index (χ3n) is 2.77. The van der Waals surface area contributed by atoms with Crippen LogP contribution in [0, 0.1) is 10.7 Å². The monoisotopic (exact) mass is 221 g/mol. The second kappa shape index (κ2) is 4.14. The topological polar surface area (TPSA) is 33.6 Å². The Kier molecular flexibility index (Phi) is 2.86. The van der Waals surface area contributed by atoms with E-state index in [2.05, 4.69) is 28.4 Å². The van der Waals surface area contributed by atoms with Crippen LogP contribution in [0.15, 0.2) is 18.5 Å². The molecule has 2 aromatic rings. The van der Waals surface area contributed by atoms with Gasteiger partial charge in [0.05, 0.1) is 17.2 Å². The third-order valence-corrected chi connectivity index (χ3v) is 3.09. The molecule has 0 saturated heterocycles. The molecule has 3 nitrogen and oxygen atoms in total. The third kappa shape index (κ3) is 1.95. The van der Waals surface area contributed by atoms with E-state index in [1.54, 1.807) is 6.20 Å². The van der Waals surface area contributed by atoms with E-state index in [0.717, 1.165) is 22.3 Å². The number of aromatic nitrogens is 3. The van der Waals surface area contributed by atoms with Crippen molar-refractivity contribution in [3.05, 3.63) is 23.2 Å². The Balaban J connectivity index is 2.50. The van der Waals surface area contributed by atoms with Gasteiger partial charge >= 0.3 is 0 Å². The Labute approximate surface area is 94.2 Å². The number of H-pyrrole nitrogens is 1. The number of hydrogen-bond acceptors (Lipinski definition) is 2. The van der Waals surface area contributed by atoms with E-state index < -0.39 is 0 Å². The molecule has 0 saturated carbocycles. The number of imidazole rings is 1. The molecule has 0 radical (unpaired) electrons. The average Bonchev–Trinajstić information content (AvgIpc) is 2.55. The lowest BCUT2D eigenvalue weighted by atomic mass is 10.1. The van der Waals surface area contributed by atoms with Gasteiger partial charge in [0.2, 0.25) is 0 Å². The number of fused-ring (bicyclic) bond motifs is 1. The van der Waals surface area contributed by atoms with Crippen LogP contribution in [-0.4, -0.2) is 14.5 Å². The van der Waals surface area contributed by atoms with E-state index in [1.807, 2.05) is 12.3 Å². The molecule has 0 fully saturated rings. The SMILES string of the molecule is CCC(C)Cn1c(=S)[nH]c2cnccc21. The lowest BCUT2D eigenvalue weighted by Crippen LogP contribution is -2.06. The molecule has 4 heteroatoms. The first-order valence-corrected chi connectivity index (χ1v) is 5.65. The molecular weight excluding hydrogens is 206 g/mol. The van der Waals surface area contributed by atoms with Crippen LogP contribution in [0.5, 0.6) is 0 Å². The maximum Gasteiger partial charge on any atom is 0.178 e. The summed E-state index contributed by atoms with van der Waals surface area (Å²) in [5.41, 5.74) is 2.17. The lowest BCUT2D eigenvalue weighted by molar-refractivity contribution is 0.473. The summed E-state index contributed by atoms with van der Waals surface area (Å²) in [5.74, 6) is 0.642. The van der Waals surface area contributed by atoms with E-state index in [0.29, 0.717) is 5.92 Å². The van der Waals surface area contributed by atoms with Gasteiger partial charge in [0, 0.05) is 12.7 Å². The summed E-state index contributed by atoms with van der Waals surface area (Å²) < 4.78 is 2.94. The zero-order valence-electron chi connectivity index (χ0n) is 9.03. The minimum atomic E-state index is 0.642. The summed E-state index contributed by atoms with van der Waals surface area (Å²) in [4.78, 5) is 7.25. The molecule has 2 rings (SSSR count). The fraction of sp³-hybridized carbons (Fsp3) is 0.455. The quantitative estimate of drug-likeness (QED) is 0.808. The van der Waals surface area contributed by atoms with Gasteiger partial charge in [0.1, 0.15) is 0 Å². The van der Waals surface area contributed by atoms with E-state index in [4.69, 9.17) is 12.2 Å². The van der Waals surface area contributed by atoms with E-state index >= 15 is 0 Å². The fourth-order valence-electron chi connectivity index (χ4n) is 1.63. The van der Waals surface area contributed by atoms with Crippen molar-refractivity contribution in [2.45, 2.75) is 26.8 Å². The van der Waals surface area contributed by atoms with Gasteiger partial charge in [0.15, 0.2) is 4.77 Å². The van der Waals surface area contributed by atoms with Crippen molar-refractivity contribution >= 4 is 23.3 Å². The number of nitrogens with zero attached hydrogens (tertiary/aromatic N) is 2. The minimum Gasteiger partial charge on any atom is -0.329 e. The first kappa shape index (κ1) is 10.4. The Hall–Kier alpha value is -1.16. The number of nitrogens with one attached hydrogen (secondary N) is 1. The van der Waals surface area contributed by atoms with Gasteiger partial charge < -0.3 is 9.55 Å². The Morgan fingerprint density at radius 3 is 3.13 bits per heavy atom. The maximum atomic E-state index is 5.30. The zero-order valence-corrected chi connectivity index (χ0v) is 9.84. The molecule has 0 aliphatic carbocycles. The highest BCUT2D eigenvalue weighted by molar-refractivity contribution is 7.71. The van der Waals surface area contributed by atoms with Gasteiger partial charge in [-0.15, -0.1) is 0 Å². The molecule has 0 bridgehead atoms. The van der Waals surface area contributed by atoms with Crippen LogP contribution < -0.4 is 0 Å². The van der Waals surface area contributed by atoms with Crippen molar-refractivity contribution in [1.29, 1.82) is 0 Å². The van der Waals surface area contributed by atoms with E-state index in [1.165, 1.54) is 6.42 Å². The standard InChI is InChI=1S/C11H15N3S/c1-3-8(2)7-14-10-4-5-12-6-9(10)13-11(14)15/h4-6,8H,3,7H2,1-2H3,(H,13,15). The second-order valence-corrected chi connectivity index (χ2v) is 4.33. The van der Waals surface area contributed by atoms with Crippen LogP contribution in [0.4, 0.5) is 0 Å². The second-order valence-electron chi connectivity index (χ2n) is 3.95. The van der Waals surface area contributed by atoms with Gasteiger partial charge in [-0.2, -0.15) is 0 Å². The smallest absolute Gasteiger partial charge is 0.178 e. The molecule has 0 aliphatic rings. The number of hydrogen-bond donors (Lipinski definition) is 1. The first-order valence-electron chi connectivity index (χ1n) is 5.25. The highest BCUT2D eigenvalue weighted by Gasteiger charge is 2.06. The maximum absolute atomic E-state index is 5.30. The average molecular weight is 221 g/mol. The van der Waals surface area contributed by atoms with Crippen LogP contribution in [0.3, 0.4) is 0 Å². The van der Waals surface area contributed by atoms with Crippen LogP contribution in [0.25, 0.3) is 11.0 Å². The summed E-state index contributed by atoms with van der Waals surface area (Å²) in [6, 6.07) is 2.00. The molecule has 1 unspecified atom stereocenters. The van der Waals surface area contributed by atoms with Crippen molar-refractivity contribution in [1.82, 2.24) is 14.5 Å². The van der Waals surface area contributed by atoms with Gasteiger partial charge in [-0.3, -0.25) is 4.98 Å². The van der Waals surface area contributed by atoms with Crippen LogP contribution in [0.1, 0.15) is 20.3 Å². The van der Waals surface area contributed by atoms with Gasteiger partial charge in [-0.25, -0.2) is 0 Å². The van der Waals surface area contributed by atoms with E-state index in [9.17, 15) is 0 Å². The highest BCUT2D eigenvalue weighted by atomic mass is 32.1. The van der Waals surface area contributed by atoms with Crippen LogP contribution in [0.2, 0.25) is 0 Å². The van der Waals surface area contributed by atoms with Gasteiger partial charge in [-0.1, -0.05) is 20.3 Å². The molecular formula is C11H15N3S. The van der Waals surface area contributed by atoms with Crippen molar-refractivity contribution in [3.8, 4) is 0 Å². The minimum absolute atomic E-state index is 0.642. The van der Waals surface area contributed by atoms with Crippen molar-refractivity contribution in [2.75, 3.05) is 0 Å². The summed E-state index contributed by atoms with van der Waals surface area (Å²) in [6.45, 7) is 5.41. The van der Waals surface area contributed by atoms with Crippen molar-refractivity contribution in [2.24, 2.45) is 5.92 Å². The summed E-state index contributed by atoms with van der Waals surface area (Å²) in [5, 5.41) is 0. The zero-order chi connectivity index (χ0) is 10.8. The molecule has 80 valence electrons. The Morgan fingerprint density at radius 1 is 1.60 bits per heavy atom. The summed E-state index contributed by atoms with van der Waals surface area (Å²) in [6.07, 6.45) is 4.79. The fourth-order valence-corrected chi connectivity index (χ4v) is 1.92. The summed E-state index contributed by atoms with van der Waals surface area (Å²) in [7, 11) is 0. The molecule has 2 aromatic heterocycles. The molecule has 1 N–H and O–H groups in total. The van der Waals surface area contributed by atoms with Crippen molar-refractivity contribution < 1.29 is 0 Å².